The minimum atomic E-state index is 0.509. The smallest absolute Gasteiger partial charge is 0.143 e. The number of hydrogen-bond donors (Lipinski definition) is 2. The third-order valence-electron chi connectivity index (χ3n) is 2.58. The van der Waals surface area contributed by atoms with E-state index >= 15 is 0 Å². The summed E-state index contributed by atoms with van der Waals surface area (Å²) in [6.45, 7) is 0. The predicted octanol–water partition coefficient (Wildman–Crippen LogP) is 1.53. The van der Waals surface area contributed by atoms with Crippen LogP contribution in [0.25, 0.3) is 11.0 Å². The Morgan fingerprint density at radius 1 is 1.24 bits per heavy atom. The molecule has 3 rings (SSSR count). The summed E-state index contributed by atoms with van der Waals surface area (Å²) < 4.78 is 0. The SMILES string of the molecule is Nc1nc(Cc2cccnc2)nc2[nH]ccc12. The van der Waals surface area contributed by atoms with Gasteiger partial charge in [-0.15, -0.1) is 0 Å². The van der Waals surface area contributed by atoms with E-state index in [1.165, 1.54) is 0 Å². The van der Waals surface area contributed by atoms with Crippen molar-refractivity contribution in [3.8, 4) is 0 Å². The lowest BCUT2D eigenvalue weighted by Gasteiger charge is -2.02. The number of H-pyrrole nitrogens is 1. The molecule has 17 heavy (non-hydrogen) atoms. The van der Waals surface area contributed by atoms with Crippen molar-refractivity contribution in [3.05, 3.63) is 48.2 Å². The second kappa shape index (κ2) is 3.86. The van der Waals surface area contributed by atoms with Crippen LogP contribution in [0.1, 0.15) is 11.4 Å². The first-order valence-electron chi connectivity index (χ1n) is 5.31. The van der Waals surface area contributed by atoms with Crippen molar-refractivity contribution >= 4 is 16.9 Å². The molecule has 0 saturated heterocycles. The zero-order chi connectivity index (χ0) is 11.7. The number of rotatable bonds is 2. The summed E-state index contributed by atoms with van der Waals surface area (Å²) in [6.07, 6.45) is 5.99. The molecule has 0 unspecified atom stereocenters. The number of nitrogen functional groups attached to an aromatic ring is 1. The summed E-state index contributed by atoms with van der Waals surface area (Å²) in [5.41, 5.74) is 7.71. The van der Waals surface area contributed by atoms with E-state index in [0.717, 1.165) is 16.6 Å². The number of pyridine rings is 1. The molecular formula is C12H11N5. The molecule has 0 aliphatic rings. The van der Waals surface area contributed by atoms with Crippen LogP contribution in [0.5, 0.6) is 0 Å². The van der Waals surface area contributed by atoms with Gasteiger partial charge in [-0.05, 0) is 17.7 Å². The van der Waals surface area contributed by atoms with Crippen LogP contribution in [-0.4, -0.2) is 19.9 Å². The normalized spacial score (nSPS) is 10.8. The molecule has 5 heteroatoms. The second-order valence-corrected chi connectivity index (χ2v) is 3.80. The fraction of sp³-hybridized carbons (Fsp3) is 0.0833. The summed E-state index contributed by atoms with van der Waals surface area (Å²) in [6, 6.07) is 5.76. The minimum absolute atomic E-state index is 0.509. The topological polar surface area (TPSA) is 80.5 Å². The van der Waals surface area contributed by atoms with Gasteiger partial charge in [-0.1, -0.05) is 6.07 Å². The van der Waals surface area contributed by atoms with Crippen molar-refractivity contribution in [1.29, 1.82) is 0 Å². The van der Waals surface area contributed by atoms with Crippen molar-refractivity contribution in [2.75, 3.05) is 5.73 Å². The van der Waals surface area contributed by atoms with E-state index in [2.05, 4.69) is 19.9 Å². The number of aromatic amines is 1. The van der Waals surface area contributed by atoms with Crippen LogP contribution in [0.15, 0.2) is 36.8 Å². The second-order valence-electron chi connectivity index (χ2n) is 3.80. The maximum Gasteiger partial charge on any atom is 0.143 e. The molecule has 0 spiro atoms. The zero-order valence-corrected chi connectivity index (χ0v) is 9.09. The molecular weight excluding hydrogens is 214 g/mol. The van der Waals surface area contributed by atoms with Crippen LogP contribution in [0.2, 0.25) is 0 Å². The maximum atomic E-state index is 5.87. The summed E-state index contributed by atoms with van der Waals surface area (Å²) >= 11 is 0. The fourth-order valence-corrected chi connectivity index (χ4v) is 1.78. The van der Waals surface area contributed by atoms with Gasteiger partial charge in [0.25, 0.3) is 0 Å². The molecule has 0 radical (unpaired) electrons. The van der Waals surface area contributed by atoms with Crippen molar-refractivity contribution in [3.63, 3.8) is 0 Å². The molecule has 0 bridgehead atoms. The Labute approximate surface area is 97.7 Å². The van der Waals surface area contributed by atoms with Gasteiger partial charge in [0, 0.05) is 25.0 Å². The number of aromatic nitrogens is 4. The molecule has 0 aliphatic heterocycles. The molecule has 0 aliphatic carbocycles. The minimum Gasteiger partial charge on any atom is -0.383 e. The summed E-state index contributed by atoms with van der Waals surface area (Å²) in [4.78, 5) is 15.8. The lowest BCUT2D eigenvalue weighted by atomic mass is 10.2. The van der Waals surface area contributed by atoms with E-state index < -0.39 is 0 Å². The Hall–Kier alpha value is -2.43. The van der Waals surface area contributed by atoms with Gasteiger partial charge in [-0.25, -0.2) is 9.97 Å². The Bertz CT molecular complexity index is 644. The lowest BCUT2D eigenvalue weighted by molar-refractivity contribution is 0.984. The molecule has 5 nitrogen and oxygen atoms in total. The van der Waals surface area contributed by atoms with Gasteiger partial charge >= 0.3 is 0 Å². The van der Waals surface area contributed by atoms with E-state index in [1.807, 2.05) is 24.4 Å². The molecule has 0 fully saturated rings. The van der Waals surface area contributed by atoms with Gasteiger partial charge in [0.1, 0.15) is 17.3 Å². The Balaban J connectivity index is 2.01. The molecule has 3 aromatic heterocycles. The van der Waals surface area contributed by atoms with Crippen molar-refractivity contribution < 1.29 is 0 Å². The van der Waals surface area contributed by atoms with E-state index in [1.54, 1.807) is 12.4 Å². The third-order valence-corrected chi connectivity index (χ3v) is 2.58. The molecule has 0 amide bonds. The maximum absolute atomic E-state index is 5.87. The molecule has 0 atom stereocenters. The highest BCUT2D eigenvalue weighted by Crippen LogP contribution is 2.17. The Morgan fingerprint density at radius 2 is 2.18 bits per heavy atom. The van der Waals surface area contributed by atoms with Crippen LogP contribution >= 0.6 is 0 Å². The third kappa shape index (κ3) is 1.82. The number of hydrogen-bond acceptors (Lipinski definition) is 4. The zero-order valence-electron chi connectivity index (χ0n) is 9.09. The van der Waals surface area contributed by atoms with Crippen LogP contribution in [-0.2, 0) is 6.42 Å². The standard InChI is InChI=1S/C12H11N5/c13-11-9-3-5-15-12(9)17-10(16-11)6-8-2-1-4-14-7-8/h1-5,7H,6H2,(H3,13,15,16,17). The first-order chi connectivity index (χ1) is 8.33. The Morgan fingerprint density at radius 3 is 3.00 bits per heavy atom. The highest BCUT2D eigenvalue weighted by Gasteiger charge is 2.06. The van der Waals surface area contributed by atoms with Gasteiger partial charge in [-0.2, -0.15) is 0 Å². The fourth-order valence-electron chi connectivity index (χ4n) is 1.78. The molecule has 3 N–H and O–H groups in total. The number of fused-ring (bicyclic) bond motifs is 1. The average molecular weight is 225 g/mol. The van der Waals surface area contributed by atoms with Crippen molar-refractivity contribution in [1.82, 2.24) is 19.9 Å². The summed E-state index contributed by atoms with van der Waals surface area (Å²) in [5.74, 6) is 1.21. The monoisotopic (exact) mass is 225 g/mol. The van der Waals surface area contributed by atoms with Crippen molar-refractivity contribution in [2.24, 2.45) is 0 Å². The largest absolute Gasteiger partial charge is 0.383 e. The van der Waals surface area contributed by atoms with Crippen molar-refractivity contribution in [2.45, 2.75) is 6.42 Å². The number of nitrogens with one attached hydrogen (secondary N) is 1. The molecule has 0 saturated carbocycles. The number of nitrogens with two attached hydrogens (primary N) is 1. The van der Waals surface area contributed by atoms with Gasteiger partial charge in [-0.3, -0.25) is 4.98 Å². The first kappa shape index (κ1) is 9.77. The lowest BCUT2D eigenvalue weighted by Crippen LogP contribution is -2.01. The van der Waals surface area contributed by atoms with Gasteiger partial charge in [0.05, 0.1) is 5.39 Å². The quantitative estimate of drug-likeness (QED) is 0.693. The van der Waals surface area contributed by atoms with Crippen LogP contribution < -0.4 is 5.73 Å². The van der Waals surface area contributed by atoms with Gasteiger partial charge in [0.15, 0.2) is 0 Å². The van der Waals surface area contributed by atoms with Crippen LogP contribution in [0, 0.1) is 0 Å². The predicted molar refractivity (Wildman–Crippen MR) is 65.3 cm³/mol. The Kier molecular flexibility index (Phi) is 2.22. The summed E-state index contributed by atoms with van der Waals surface area (Å²) in [7, 11) is 0. The van der Waals surface area contributed by atoms with E-state index in [0.29, 0.717) is 18.1 Å². The molecule has 3 heterocycles. The number of anilines is 1. The first-order valence-corrected chi connectivity index (χ1v) is 5.31. The van der Waals surface area contributed by atoms with Crippen LogP contribution in [0.4, 0.5) is 5.82 Å². The highest BCUT2D eigenvalue weighted by atomic mass is 15.0. The molecule has 3 aromatic rings. The van der Waals surface area contributed by atoms with E-state index in [9.17, 15) is 0 Å². The van der Waals surface area contributed by atoms with E-state index in [-0.39, 0.29) is 0 Å². The van der Waals surface area contributed by atoms with E-state index in [4.69, 9.17) is 5.73 Å². The highest BCUT2D eigenvalue weighted by molar-refractivity contribution is 5.85. The van der Waals surface area contributed by atoms with Gasteiger partial charge < -0.3 is 10.7 Å². The summed E-state index contributed by atoms with van der Waals surface area (Å²) in [5, 5.41) is 0.861. The average Bonchev–Trinajstić information content (AvgIpc) is 2.79. The van der Waals surface area contributed by atoms with Crippen LogP contribution in [0.3, 0.4) is 0 Å². The van der Waals surface area contributed by atoms with Gasteiger partial charge in [0.2, 0.25) is 0 Å². The number of nitrogens with zero attached hydrogens (tertiary/aromatic N) is 3. The molecule has 0 aromatic carbocycles. The molecule has 84 valence electrons.